The van der Waals surface area contributed by atoms with Gasteiger partial charge in [-0.05, 0) is 25.0 Å². The van der Waals surface area contributed by atoms with Crippen LogP contribution in [0.1, 0.15) is 11.1 Å². The van der Waals surface area contributed by atoms with Crippen LogP contribution >= 0.6 is 0 Å². The first-order chi connectivity index (χ1) is 5.43. The Balaban J connectivity index is 3.53. The lowest BCUT2D eigenvalue weighted by molar-refractivity contribution is 0.595. The predicted molar refractivity (Wildman–Crippen MR) is 46.2 cm³/mol. The molecule has 0 unspecified atom stereocenters. The van der Waals surface area contributed by atoms with Crippen molar-refractivity contribution >= 4 is 10.0 Å². The van der Waals surface area contributed by atoms with Gasteiger partial charge >= 0.3 is 0 Å². The predicted octanol–water partition coefficient (Wildman–Crippen LogP) is 1.28. The fourth-order valence-electron chi connectivity index (χ4n) is 1.22. The van der Waals surface area contributed by atoms with Crippen molar-refractivity contribution in [2.75, 3.05) is 0 Å². The zero-order valence-electron chi connectivity index (χ0n) is 6.96. The number of hydrogen-bond acceptors (Lipinski definition) is 2. The van der Waals surface area contributed by atoms with Crippen LogP contribution in [0.15, 0.2) is 23.1 Å². The summed E-state index contributed by atoms with van der Waals surface area (Å²) in [4.78, 5) is 0.130. The number of hydrogen-bond donors (Lipinski definition) is 0. The third kappa shape index (κ3) is 1.65. The van der Waals surface area contributed by atoms with Crippen LogP contribution in [-0.4, -0.2) is 8.42 Å². The third-order valence-corrected chi connectivity index (χ3v) is 2.86. The molecule has 1 N–H and O–H groups in total. The van der Waals surface area contributed by atoms with Crippen LogP contribution in [0, 0.1) is 13.8 Å². The van der Waals surface area contributed by atoms with E-state index in [1.165, 1.54) is 0 Å². The maximum atomic E-state index is 10.9. The molecule has 0 aliphatic rings. The number of rotatable bonds is 1. The van der Waals surface area contributed by atoms with Crippen molar-refractivity contribution in [3.63, 3.8) is 0 Å². The molecule has 0 aliphatic heterocycles. The highest BCUT2D eigenvalue weighted by Crippen LogP contribution is 2.17. The monoisotopic (exact) mass is 184 g/mol. The van der Waals surface area contributed by atoms with Crippen LogP contribution in [0.5, 0.6) is 0 Å². The molecule has 12 heavy (non-hydrogen) atoms. The van der Waals surface area contributed by atoms with Crippen LogP contribution < -0.4 is 5.14 Å². The fraction of sp³-hybridized carbons (Fsp3) is 0.250. The first-order valence-electron chi connectivity index (χ1n) is 3.49. The maximum absolute atomic E-state index is 10.9. The topological polar surface area (TPSA) is 57.9 Å². The second-order valence-corrected chi connectivity index (χ2v) is 4.14. The van der Waals surface area contributed by atoms with E-state index in [0.717, 1.165) is 0 Å². The molecule has 4 heteroatoms. The van der Waals surface area contributed by atoms with Crippen molar-refractivity contribution in [2.45, 2.75) is 18.7 Å². The first-order valence-corrected chi connectivity index (χ1v) is 4.97. The Morgan fingerprint density at radius 2 is 1.58 bits per heavy atom. The number of aryl methyl sites for hydroxylation is 2. The van der Waals surface area contributed by atoms with Crippen molar-refractivity contribution in [3.05, 3.63) is 29.3 Å². The van der Waals surface area contributed by atoms with Crippen molar-refractivity contribution in [2.24, 2.45) is 0 Å². The average Bonchev–Trinajstić information content (AvgIpc) is 1.82. The first kappa shape index (κ1) is 9.22. The molecule has 0 bridgehead atoms. The third-order valence-electron chi connectivity index (χ3n) is 1.68. The van der Waals surface area contributed by atoms with Crippen molar-refractivity contribution in [1.29, 1.82) is 0 Å². The fourth-order valence-corrected chi connectivity index (χ4v) is 2.21. The highest BCUT2D eigenvalue weighted by atomic mass is 32.2. The zero-order valence-corrected chi connectivity index (χ0v) is 7.77. The van der Waals surface area contributed by atoms with Crippen molar-refractivity contribution in [3.8, 4) is 0 Å². The van der Waals surface area contributed by atoms with Gasteiger partial charge in [-0.2, -0.15) is 0 Å². The molecule has 0 spiro atoms. The van der Waals surface area contributed by atoms with Gasteiger partial charge in [0.2, 0.25) is 0 Å². The van der Waals surface area contributed by atoms with Crippen LogP contribution in [0.3, 0.4) is 0 Å². The second-order valence-electron chi connectivity index (χ2n) is 2.72. The summed E-state index contributed by atoms with van der Waals surface area (Å²) in [6.07, 6.45) is 0. The summed E-state index contributed by atoms with van der Waals surface area (Å²) < 4.78 is 21.9. The molecule has 1 radical (unpaired) electrons. The summed E-state index contributed by atoms with van der Waals surface area (Å²) in [6.45, 7) is 3.38. The van der Waals surface area contributed by atoms with Gasteiger partial charge in [-0.25, -0.2) is 8.42 Å². The van der Waals surface area contributed by atoms with Gasteiger partial charge < -0.3 is 0 Å². The molecule has 0 saturated heterocycles. The molecule has 3 nitrogen and oxygen atoms in total. The highest BCUT2D eigenvalue weighted by Gasteiger charge is 2.14. The summed E-state index contributed by atoms with van der Waals surface area (Å²) in [5, 5.41) is 6.93. The van der Waals surface area contributed by atoms with Gasteiger partial charge in [-0.1, -0.05) is 18.2 Å². The molecule has 1 aromatic carbocycles. The molecule has 1 aromatic rings. The highest BCUT2D eigenvalue weighted by molar-refractivity contribution is 7.89. The molecule has 0 aliphatic carbocycles. The summed E-state index contributed by atoms with van der Waals surface area (Å²) in [7, 11) is -3.81. The Morgan fingerprint density at radius 3 is 1.83 bits per heavy atom. The van der Waals surface area contributed by atoms with E-state index in [1.54, 1.807) is 32.0 Å². The van der Waals surface area contributed by atoms with Gasteiger partial charge in [0.25, 0.3) is 10.0 Å². The Morgan fingerprint density at radius 1 is 1.17 bits per heavy atom. The molecule has 0 saturated carbocycles. The van der Waals surface area contributed by atoms with Crippen LogP contribution in [0.25, 0.3) is 0 Å². The van der Waals surface area contributed by atoms with E-state index in [9.17, 15) is 8.42 Å². The van der Waals surface area contributed by atoms with Gasteiger partial charge in [0.1, 0.15) is 0 Å². The van der Waals surface area contributed by atoms with E-state index in [4.69, 9.17) is 5.14 Å². The molecule has 0 fully saturated rings. The molecule has 0 heterocycles. The van der Waals surface area contributed by atoms with Crippen molar-refractivity contribution < 1.29 is 8.42 Å². The minimum absolute atomic E-state index is 0.130. The van der Waals surface area contributed by atoms with E-state index < -0.39 is 10.0 Å². The minimum Gasteiger partial charge on any atom is -0.206 e. The molecule has 0 aromatic heterocycles. The second kappa shape index (κ2) is 2.88. The normalized spacial score (nSPS) is 11.6. The van der Waals surface area contributed by atoms with Gasteiger partial charge in [0, 0.05) is 0 Å². The Labute approximate surface area is 72.3 Å². The van der Waals surface area contributed by atoms with Gasteiger partial charge in [-0.3, -0.25) is 0 Å². The van der Waals surface area contributed by atoms with Crippen molar-refractivity contribution in [1.82, 2.24) is 5.14 Å². The van der Waals surface area contributed by atoms with Crippen LogP contribution in [0.4, 0.5) is 0 Å². The number of benzene rings is 1. The van der Waals surface area contributed by atoms with E-state index in [2.05, 4.69) is 0 Å². The Kier molecular flexibility index (Phi) is 2.21. The lowest BCUT2D eigenvalue weighted by atomic mass is 10.2. The van der Waals surface area contributed by atoms with E-state index >= 15 is 0 Å². The molecule has 1 rings (SSSR count). The molecular formula is C8H10NO2S. The van der Waals surface area contributed by atoms with Gasteiger partial charge in [-0.15, -0.1) is 5.14 Å². The number of sulfonamides is 1. The SMILES string of the molecule is Cc1cccc(C)c1S([NH])(=O)=O. The summed E-state index contributed by atoms with van der Waals surface area (Å²) >= 11 is 0. The quantitative estimate of drug-likeness (QED) is 0.660. The minimum atomic E-state index is -3.81. The van der Waals surface area contributed by atoms with Gasteiger partial charge in [0.15, 0.2) is 0 Å². The van der Waals surface area contributed by atoms with E-state index in [1.807, 2.05) is 0 Å². The summed E-state index contributed by atoms with van der Waals surface area (Å²) in [5.74, 6) is 0. The Hall–Kier alpha value is -0.870. The van der Waals surface area contributed by atoms with Crippen LogP contribution in [0.2, 0.25) is 0 Å². The largest absolute Gasteiger partial charge is 0.254 e. The van der Waals surface area contributed by atoms with Gasteiger partial charge in [0.05, 0.1) is 4.90 Å². The smallest absolute Gasteiger partial charge is 0.206 e. The lowest BCUT2D eigenvalue weighted by Crippen LogP contribution is -2.05. The maximum Gasteiger partial charge on any atom is 0.254 e. The summed E-state index contributed by atoms with van der Waals surface area (Å²) in [5.41, 5.74) is 1.26. The Bertz CT molecular complexity index is 375. The van der Waals surface area contributed by atoms with E-state index in [-0.39, 0.29) is 4.90 Å². The molecular weight excluding hydrogens is 174 g/mol. The zero-order chi connectivity index (χ0) is 9.35. The molecule has 65 valence electrons. The number of nitrogens with one attached hydrogen (secondary N) is 1. The average molecular weight is 184 g/mol. The lowest BCUT2D eigenvalue weighted by Gasteiger charge is -2.04. The standard InChI is InChI=1S/C8H10NO2S/c1-6-4-3-5-7(2)8(6)12(9,10)11/h3-5,9H,1-2H3. The van der Waals surface area contributed by atoms with E-state index in [0.29, 0.717) is 11.1 Å². The van der Waals surface area contributed by atoms with Crippen LogP contribution in [-0.2, 0) is 10.0 Å². The molecule has 0 amide bonds. The summed E-state index contributed by atoms with van der Waals surface area (Å²) in [6, 6.07) is 5.15. The molecule has 0 atom stereocenters.